The van der Waals surface area contributed by atoms with E-state index in [4.69, 9.17) is 28.4 Å². The van der Waals surface area contributed by atoms with Crippen molar-refractivity contribution in [3.8, 4) is 0 Å². The Hall–Kier alpha value is -2.54. The van der Waals surface area contributed by atoms with Crippen LogP contribution < -0.4 is 0 Å². The van der Waals surface area contributed by atoms with Gasteiger partial charge in [-0.25, -0.2) is 0 Å². The van der Waals surface area contributed by atoms with Gasteiger partial charge >= 0.3 is 11.9 Å². The zero-order chi connectivity index (χ0) is 49.6. The van der Waals surface area contributed by atoms with Crippen LogP contribution in [0.2, 0.25) is 0 Å². The fraction of sp³-hybridized carbons (Fsp3) is 0.811. The van der Waals surface area contributed by atoms with Gasteiger partial charge in [-0.15, -0.1) is 0 Å². The number of aliphatic hydroxyl groups excluding tert-OH is 7. The molecule has 0 aromatic heterocycles. The molecule has 0 aromatic carbocycles. The third-order valence-electron chi connectivity index (χ3n) is 12.3. The van der Waals surface area contributed by atoms with Crippen molar-refractivity contribution < 1.29 is 73.8 Å². The number of allylic oxidation sites excluding steroid dienone is 8. The molecule has 0 amide bonds. The molecule has 0 radical (unpaired) electrons. The van der Waals surface area contributed by atoms with Gasteiger partial charge in [-0.3, -0.25) is 9.59 Å². The SMILES string of the molecule is CCCCC/C=C/C=C/CCCCCCCCCCCCC(=O)OCC(CO[C@@H]1O[C@H](CO[C@@H]2O[C@H](CO)[C@H](O)C(O)C2O)[C@H](O)C(O)C1O)OC(=O)CC/C=C/C/C=C/CCCCCCCC. The maximum absolute atomic E-state index is 13.0. The van der Waals surface area contributed by atoms with E-state index in [9.17, 15) is 45.3 Å². The zero-order valence-corrected chi connectivity index (χ0v) is 41.6. The zero-order valence-electron chi connectivity index (χ0n) is 41.6. The third-order valence-corrected chi connectivity index (χ3v) is 12.3. The number of aliphatic hydroxyl groups is 7. The maximum Gasteiger partial charge on any atom is 0.306 e. The highest BCUT2D eigenvalue weighted by molar-refractivity contribution is 5.70. The summed E-state index contributed by atoms with van der Waals surface area (Å²) >= 11 is 0. The minimum absolute atomic E-state index is 0.0577. The van der Waals surface area contributed by atoms with Crippen molar-refractivity contribution in [2.45, 2.75) is 248 Å². The minimum atomic E-state index is -1.77. The number of unbranched alkanes of at least 4 members (excludes halogenated alkanes) is 19. The lowest BCUT2D eigenvalue weighted by Crippen LogP contribution is -2.61. The standard InChI is InChI=1S/C53H92O15/c1-3-5-7-9-11-13-15-17-18-19-20-21-22-24-25-27-29-31-33-35-44(55)63-38-41(66-45(56)36-34-32-30-28-26-23-16-14-12-10-8-6-4-2)39-64-52-51(62)49(60)47(58)43(68-52)40-65-53-50(61)48(59)46(57)42(37-54)67-53/h11,13,15,17,23,26,30,32,41-43,46-54,57-62H,3-10,12,14,16,18-22,24-25,27-29,31,33-40H2,1-2H3/b13-11+,17-15+,26-23+,32-30+/t41?,42-,43-,46+,47+,48?,49?,50?,51?,52-,53-/m1/s1. The normalized spacial score (nSPS) is 26.1. The van der Waals surface area contributed by atoms with Crippen molar-refractivity contribution in [3.63, 3.8) is 0 Å². The van der Waals surface area contributed by atoms with Crippen LogP contribution in [-0.2, 0) is 38.0 Å². The number of rotatable bonds is 40. The van der Waals surface area contributed by atoms with E-state index in [-0.39, 0.29) is 19.4 Å². The van der Waals surface area contributed by atoms with Gasteiger partial charge in [0, 0.05) is 12.8 Å². The number of carbonyl (C=O) groups is 2. The molecule has 15 nitrogen and oxygen atoms in total. The summed E-state index contributed by atoms with van der Waals surface area (Å²) in [5, 5.41) is 72.1. The molecule has 0 aromatic rings. The topological polar surface area (TPSA) is 231 Å². The van der Waals surface area contributed by atoms with E-state index >= 15 is 0 Å². The Kier molecular flexibility index (Phi) is 36.3. The highest BCUT2D eigenvalue weighted by atomic mass is 16.7. The smallest absolute Gasteiger partial charge is 0.306 e. The number of carbonyl (C=O) groups excluding carboxylic acids is 2. The Morgan fingerprint density at radius 3 is 1.54 bits per heavy atom. The Morgan fingerprint density at radius 1 is 0.485 bits per heavy atom. The molecule has 0 bridgehead atoms. The van der Waals surface area contributed by atoms with Crippen LogP contribution in [0.4, 0.5) is 0 Å². The predicted molar refractivity (Wildman–Crippen MR) is 261 cm³/mol. The van der Waals surface area contributed by atoms with Crippen LogP contribution in [-0.4, -0.2) is 142 Å². The molecule has 2 saturated heterocycles. The quantitative estimate of drug-likeness (QED) is 0.0137. The van der Waals surface area contributed by atoms with Crippen LogP contribution in [0, 0.1) is 0 Å². The first-order chi connectivity index (χ1) is 33.0. The van der Waals surface area contributed by atoms with Crippen LogP contribution in [0.5, 0.6) is 0 Å². The second-order valence-electron chi connectivity index (χ2n) is 18.4. The lowest BCUT2D eigenvalue weighted by molar-refractivity contribution is -0.332. The van der Waals surface area contributed by atoms with Crippen molar-refractivity contribution in [2.24, 2.45) is 0 Å². The second-order valence-corrected chi connectivity index (χ2v) is 18.4. The molecule has 2 rings (SSSR count). The van der Waals surface area contributed by atoms with Crippen LogP contribution in [0.15, 0.2) is 48.6 Å². The monoisotopic (exact) mass is 969 g/mol. The molecule has 2 aliphatic heterocycles. The minimum Gasteiger partial charge on any atom is -0.462 e. The van der Waals surface area contributed by atoms with E-state index in [1.54, 1.807) is 0 Å². The van der Waals surface area contributed by atoms with Crippen molar-refractivity contribution in [1.82, 2.24) is 0 Å². The van der Waals surface area contributed by atoms with Crippen molar-refractivity contribution in [3.05, 3.63) is 48.6 Å². The average Bonchev–Trinajstić information content (AvgIpc) is 3.33. The molecular weight excluding hydrogens is 877 g/mol. The Morgan fingerprint density at radius 2 is 0.956 bits per heavy atom. The van der Waals surface area contributed by atoms with Gasteiger partial charge in [0.1, 0.15) is 55.4 Å². The molecule has 2 fully saturated rings. The molecule has 5 unspecified atom stereocenters. The number of esters is 2. The molecule has 15 heteroatoms. The van der Waals surface area contributed by atoms with Gasteiger partial charge in [0.15, 0.2) is 18.7 Å². The molecular formula is C53H92O15. The Balaban J connectivity index is 1.80. The van der Waals surface area contributed by atoms with Gasteiger partial charge in [0.2, 0.25) is 0 Å². The molecule has 0 spiro atoms. The second kappa shape index (κ2) is 40.1. The fourth-order valence-corrected chi connectivity index (χ4v) is 7.97. The largest absolute Gasteiger partial charge is 0.462 e. The van der Waals surface area contributed by atoms with Gasteiger partial charge in [-0.1, -0.05) is 159 Å². The molecule has 68 heavy (non-hydrogen) atoms. The van der Waals surface area contributed by atoms with E-state index in [2.05, 4.69) is 50.3 Å². The molecule has 0 aliphatic carbocycles. The first-order valence-electron chi connectivity index (χ1n) is 26.2. The summed E-state index contributed by atoms with van der Waals surface area (Å²) in [7, 11) is 0. The summed E-state index contributed by atoms with van der Waals surface area (Å²) in [5.41, 5.74) is 0. The Bertz CT molecular complexity index is 1370. The lowest BCUT2D eigenvalue weighted by Gasteiger charge is -2.42. The Labute approximate surface area is 408 Å². The van der Waals surface area contributed by atoms with E-state index < -0.39 is 99.3 Å². The van der Waals surface area contributed by atoms with E-state index in [0.717, 1.165) is 44.9 Å². The average molecular weight is 969 g/mol. The van der Waals surface area contributed by atoms with E-state index in [1.165, 1.54) is 96.3 Å². The van der Waals surface area contributed by atoms with Gasteiger partial charge in [0.25, 0.3) is 0 Å². The summed E-state index contributed by atoms with van der Waals surface area (Å²) < 4.78 is 33.5. The van der Waals surface area contributed by atoms with Gasteiger partial charge in [-0.2, -0.15) is 0 Å². The first-order valence-corrected chi connectivity index (χ1v) is 26.2. The van der Waals surface area contributed by atoms with Crippen LogP contribution in [0.3, 0.4) is 0 Å². The highest BCUT2D eigenvalue weighted by Gasteiger charge is 2.47. The number of hydrogen-bond donors (Lipinski definition) is 7. The lowest BCUT2D eigenvalue weighted by atomic mass is 9.98. The molecule has 0 saturated carbocycles. The fourth-order valence-electron chi connectivity index (χ4n) is 7.97. The summed E-state index contributed by atoms with van der Waals surface area (Å²) in [5.74, 6) is -1.01. The van der Waals surface area contributed by atoms with Gasteiger partial charge < -0.3 is 64.2 Å². The maximum atomic E-state index is 13.0. The summed E-state index contributed by atoms with van der Waals surface area (Å²) in [4.78, 5) is 25.7. The van der Waals surface area contributed by atoms with Gasteiger partial charge in [0.05, 0.1) is 19.8 Å². The third kappa shape index (κ3) is 27.7. The molecule has 2 heterocycles. The summed E-state index contributed by atoms with van der Waals surface area (Å²) in [6.07, 6.45) is 27.3. The number of ether oxygens (including phenoxy) is 6. The number of hydrogen-bond acceptors (Lipinski definition) is 15. The van der Waals surface area contributed by atoms with Gasteiger partial charge in [-0.05, 0) is 57.8 Å². The highest BCUT2D eigenvalue weighted by Crippen LogP contribution is 2.26. The molecule has 394 valence electrons. The molecule has 2 aliphatic rings. The van der Waals surface area contributed by atoms with E-state index in [1.807, 2.05) is 12.2 Å². The summed E-state index contributed by atoms with van der Waals surface area (Å²) in [6, 6.07) is 0. The van der Waals surface area contributed by atoms with Crippen LogP contribution in [0.25, 0.3) is 0 Å². The molecule has 11 atom stereocenters. The van der Waals surface area contributed by atoms with Crippen molar-refractivity contribution >= 4 is 11.9 Å². The summed E-state index contributed by atoms with van der Waals surface area (Å²) in [6.45, 7) is 2.49. The van der Waals surface area contributed by atoms with Crippen molar-refractivity contribution in [2.75, 3.05) is 26.4 Å². The first kappa shape index (κ1) is 61.6. The molecule has 7 N–H and O–H groups in total. The van der Waals surface area contributed by atoms with E-state index in [0.29, 0.717) is 12.8 Å². The van der Waals surface area contributed by atoms with Crippen molar-refractivity contribution in [1.29, 1.82) is 0 Å². The van der Waals surface area contributed by atoms with Crippen LogP contribution >= 0.6 is 0 Å². The van der Waals surface area contributed by atoms with Crippen LogP contribution in [0.1, 0.15) is 181 Å². The predicted octanol–water partition coefficient (Wildman–Crippen LogP) is 7.49.